The molecule has 1 aliphatic heterocycles. The van der Waals surface area contributed by atoms with Crippen LogP contribution in [0.25, 0.3) is 0 Å². The molecule has 7 nitrogen and oxygen atoms in total. The summed E-state index contributed by atoms with van der Waals surface area (Å²) in [6.07, 6.45) is 1.30. The van der Waals surface area contributed by atoms with E-state index in [9.17, 15) is 18.0 Å². The molecule has 2 heterocycles. The topological polar surface area (TPSA) is 102 Å². The Morgan fingerprint density at radius 1 is 1.43 bits per heavy atom. The van der Waals surface area contributed by atoms with Gasteiger partial charge in [0.25, 0.3) is 0 Å². The van der Waals surface area contributed by atoms with E-state index in [0.29, 0.717) is 18.0 Å². The molecule has 1 atom stereocenters. The molecule has 1 aliphatic rings. The zero-order valence-corrected chi connectivity index (χ0v) is 13.3. The summed E-state index contributed by atoms with van der Waals surface area (Å²) in [6, 6.07) is -0.250. The highest BCUT2D eigenvalue weighted by atomic mass is 32.2. The number of hydrogen-bond acceptors (Lipinski definition) is 8. The third-order valence-corrected chi connectivity index (χ3v) is 6.02. The van der Waals surface area contributed by atoms with Gasteiger partial charge in [0.15, 0.2) is 26.4 Å². The maximum atomic E-state index is 11.6. The van der Waals surface area contributed by atoms with Crippen LogP contribution in [0.1, 0.15) is 39.9 Å². The second kappa shape index (κ2) is 6.10. The van der Waals surface area contributed by atoms with Crippen LogP contribution in [0.15, 0.2) is 0 Å². The van der Waals surface area contributed by atoms with Crippen molar-refractivity contribution in [3.63, 3.8) is 0 Å². The molecule has 116 valence electrons. The molecule has 0 aliphatic carbocycles. The lowest BCUT2D eigenvalue weighted by molar-refractivity contribution is 0.0591. The number of hydrogen-bond donors (Lipinski definition) is 1. The third-order valence-electron chi connectivity index (χ3n) is 3.12. The van der Waals surface area contributed by atoms with Gasteiger partial charge in [-0.3, -0.25) is 4.79 Å². The van der Waals surface area contributed by atoms with E-state index < -0.39 is 15.8 Å². The van der Waals surface area contributed by atoms with Crippen LogP contribution in [0, 0.1) is 0 Å². The fourth-order valence-corrected chi connectivity index (χ4v) is 4.73. The molecule has 1 fully saturated rings. The number of ketones is 1. The van der Waals surface area contributed by atoms with E-state index in [-0.39, 0.29) is 33.9 Å². The molecular weight excluding hydrogens is 316 g/mol. The second-order valence-corrected chi connectivity index (χ2v) is 8.07. The predicted molar refractivity (Wildman–Crippen MR) is 78.8 cm³/mol. The van der Waals surface area contributed by atoms with Crippen molar-refractivity contribution in [1.29, 1.82) is 0 Å². The normalized spacial score (nSPS) is 20.8. The van der Waals surface area contributed by atoms with Crippen LogP contribution in [-0.2, 0) is 14.6 Å². The van der Waals surface area contributed by atoms with Crippen LogP contribution < -0.4 is 5.32 Å². The highest BCUT2D eigenvalue weighted by Crippen LogP contribution is 2.26. The first-order valence-electron chi connectivity index (χ1n) is 6.39. The van der Waals surface area contributed by atoms with Gasteiger partial charge < -0.3 is 10.1 Å². The number of Topliss-reactive ketones (excluding diaryl/α,β-unsaturated/α-hetero) is 1. The number of anilines is 1. The van der Waals surface area contributed by atoms with Crippen molar-refractivity contribution in [2.75, 3.05) is 23.9 Å². The van der Waals surface area contributed by atoms with Gasteiger partial charge in [-0.2, -0.15) is 0 Å². The van der Waals surface area contributed by atoms with Gasteiger partial charge in [0.05, 0.1) is 18.6 Å². The van der Waals surface area contributed by atoms with Gasteiger partial charge in [-0.25, -0.2) is 18.2 Å². The quantitative estimate of drug-likeness (QED) is 0.651. The number of nitrogens with one attached hydrogen (secondary N) is 1. The van der Waals surface area contributed by atoms with E-state index >= 15 is 0 Å². The number of methoxy groups -OCH3 is 1. The average Bonchev–Trinajstić information content (AvgIpc) is 2.80. The standard InChI is InChI=1S/C12H16N2O5S2/c1-7(15)10-9(11(16)19-2)14-12(20-10)13-8-4-3-5-21(17,18)6-8/h8H,3-6H2,1-2H3,(H,13,14). The molecule has 0 amide bonds. The number of ether oxygens (including phenoxy) is 1. The molecule has 0 spiro atoms. The van der Waals surface area contributed by atoms with E-state index in [1.165, 1.54) is 14.0 Å². The minimum absolute atomic E-state index is 0.0313. The Morgan fingerprint density at radius 3 is 2.71 bits per heavy atom. The van der Waals surface area contributed by atoms with E-state index in [1.54, 1.807) is 0 Å². The predicted octanol–water partition coefficient (Wildman–Crippen LogP) is 1.12. The largest absolute Gasteiger partial charge is 0.464 e. The van der Waals surface area contributed by atoms with Gasteiger partial charge in [0.1, 0.15) is 4.88 Å². The van der Waals surface area contributed by atoms with Crippen molar-refractivity contribution in [3.05, 3.63) is 10.6 Å². The van der Waals surface area contributed by atoms with Crippen LogP contribution in [0.2, 0.25) is 0 Å². The summed E-state index contributed by atoms with van der Waals surface area (Å²) in [5.41, 5.74) is -0.0313. The molecule has 21 heavy (non-hydrogen) atoms. The molecule has 9 heteroatoms. The van der Waals surface area contributed by atoms with Gasteiger partial charge in [-0.05, 0) is 12.8 Å². The highest BCUT2D eigenvalue weighted by Gasteiger charge is 2.27. The zero-order chi connectivity index (χ0) is 15.6. The Balaban J connectivity index is 2.21. The molecule has 1 aromatic heterocycles. The monoisotopic (exact) mass is 332 g/mol. The summed E-state index contributed by atoms with van der Waals surface area (Å²) < 4.78 is 27.8. The Bertz CT molecular complexity index is 665. The number of esters is 1. The Morgan fingerprint density at radius 2 is 2.14 bits per heavy atom. The zero-order valence-electron chi connectivity index (χ0n) is 11.7. The van der Waals surface area contributed by atoms with Crippen LogP contribution in [-0.4, -0.2) is 49.8 Å². The van der Waals surface area contributed by atoms with Crippen molar-refractivity contribution in [1.82, 2.24) is 4.98 Å². The summed E-state index contributed by atoms with van der Waals surface area (Å²) in [4.78, 5) is 27.4. The molecule has 1 N–H and O–H groups in total. The third kappa shape index (κ3) is 3.79. The molecule has 0 aromatic carbocycles. The van der Waals surface area contributed by atoms with Crippen molar-refractivity contribution < 1.29 is 22.7 Å². The first-order valence-corrected chi connectivity index (χ1v) is 9.03. The lowest BCUT2D eigenvalue weighted by atomic mass is 10.2. The Hall–Kier alpha value is -1.48. The highest BCUT2D eigenvalue weighted by molar-refractivity contribution is 7.91. The van der Waals surface area contributed by atoms with Crippen molar-refractivity contribution in [3.8, 4) is 0 Å². The summed E-state index contributed by atoms with van der Waals surface area (Å²) >= 11 is 1.04. The fraction of sp³-hybridized carbons (Fsp3) is 0.583. The second-order valence-electron chi connectivity index (χ2n) is 4.84. The number of rotatable bonds is 4. The molecule has 1 saturated heterocycles. The van der Waals surface area contributed by atoms with E-state index in [0.717, 1.165) is 11.3 Å². The average molecular weight is 332 g/mol. The molecule has 0 radical (unpaired) electrons. The lowest BCUT2D eigenvalue weighted by Crippen LogP contribution is -2.34. The Kier molecular flexibility index (Phi) is 4.62. The van der Waals surface area contributed by atoms with Crippen molar-refractivity contribution >= 4 is 38.1 Å². The van der Waals surface area contributed by atoms with E-state index in [1.807, 2.05) is 0 Å². The fourth-order valence-electron chi connectivity index (χ4n) is 2.17. The molecular formula is C12H16N2O5S2. The summed E-state index contributed by atoms with van der Waals surface area (Å²) in [5, 5.41) is 3.36. The first kappa shape index (κ1) is 15.9. The number of thiazole rings is 1. The summed E-state index contributed by atoms with van der Waals surface area (Å²) in [6.45, 7) is 1.34. The first-order chi connectivity index (χ1) is 9.82. The minimum Gasteiger partial charge on any atom is -0.464 e. The van der Waals surface area contributed by atoms with E-state index in [4.69, 9.17) is 0 Å². The smallest absolute Gasteiger partial charge is 0.358 e. The van der Waals surface area contributed by atoms with Gasteiger partial charge in [-0.1, -0.05) is 11.3 Å². The number of carbonyl (C=O) groups excluding carboxylic acids is 2. The van der Waals surface area contributed by atoms with Crippen LogP contribution in [0.5, 0.6) is 0 Å². The Labute approximate surface area is 126 Å². The van der Waals surface area contributed by atoms with Crippen molar-refractivity contribution in [2.24, 2.45) is 0 Å². The molecule has 0 bridgehead atoms. The summed E-state index contributed by atoms with van der Waals surface area (Å²) in [5.74, 6) is -0.719. The van der Waals surface area contributed by atoms with Crippen molar-refractivity contribution in [2.45, 2.75) is 25.8 Å². The number of sulfone groups is 1. The SMILES string of the molecule is COC(=O)c1nc(NC2CCCS(=O)(=O)C2)sc1C(C)=O. The van der Waals surface area contributed by atoms with E-state index in [2.05, 4.69) is 15.0 Å². The molecule has 2 rings (SSSR count). The molecule has 0 saturated carbocycles. The minimum atomic E-state index is -3.04. The lowest BCUT2D eigenvalue weighted by Gasteiger charge is -2.22. The molecule has 1 unspecified atom stereocenters. The van der Waals surface area contributed by atoms with Crippen LogP contribution >= 0.6 is 11.3 Å². The van der Waals surface area contributed by atoms with Gasteiger partial charge in [-0.15, -0.1) is 0 Å². The number of nitrogens with zero attached hydrogens (tertiary/aromatic N) is 1. The summed E-state index contributed by atoms with van der Waals surface area (Å²) in [7, 11) is -1.82. The van der Waals surface area contributed by atoms with Gasteiger partial charge in [0.2, 0.25) is 0 Å². The maximum absolute atomic E-state index is 11.6. The number of aromatic nitrogens is 1. The van der Waals surface area contributed by atoms with Crippen LogP contribution in [0.4, 0.5) is 5.13 Å². The molecule has 1 aromatic rings. The van der Waals surface area contributed by atoms with Crippen LogP contribution in [0.3, 0.4) is 0 Å². The van der Waals surface area contributed by atoms with Gasteiger partial charge in [0, 0.05) is 13.0 Å². The maximum Gasteiger partial charge on any atom is 0.358 e. The van der Waals surface area contributed by atoms with Gasteiger partial charge >= 0.3 is 5.97 Å². The number of carbonyl (C=O) groups is 2.